The maximum Gasteiger partial charge on any atom is 0.196 e. The highest BCUT2D eigenvalue weighted by atomic mass is 16.6. The summed E-state index contributed by atoms with van der Waals surface area (Å²) in [6.07, 6.45) is 1.42. The number of ketones is 1. The van der Waals surface area contributed by atoms with Crippen molar-refractivity contribution in [1.29, 1.82) is 0 Å². The molecule has 4 heteroatoms. The van der Waals surface area contributed by atoms with E-state index in [4.69, 9.17) is 14.2 Å². The molecular formula is C24H18O4. The Morgan fingerprint density at radius 1 is 0.786 bits per heavy atom. The summed E-state index contributed by atoms with van der Waals surface area (Å²) in [5.74, 6) is 2.01. The molecule has 2 aliphatic heterocycles. The van der Waals surface area contributed by atoms with E-state index in [0.29, 0.717) is 35.8 Å². The zero-order valence-electron chi connectivity index (χ0n) is 15.1. The van der Waals surface area contributed by atoms with Crippen molar-refractivity contribution in [2.24, 2.45) is 0 Å². The molecule has 0 saturated heterocycles. The average Bonchev–Trinajstić information content (AvgIpc) is 2.76. The van der Waals surface area contributed by atoms with Gasteiger partial charge in [0, 0.05) is 5.57 Å². The maximum absolute atomic E-state index is 13.3. The van der Waals surface area contributed by atoms with Gasteiger partial charge in [0.15, 0.2) is 23.4 Å². The van der Waals surface area contributed by atoms with Gasteiger partial charge in [-0.1, -0.05) is 48.5 Å². The number of para-hydroxylation sites is 1. The molecule has 28 heavy (non-hydrogen) atoms. The molecule has 3 aromatic rings. The third-order valence-corrected chi connectivity index (χ3v) is 4.91. The quantitative estimate of drug-likeness (QED) is 0.605. The second-order valence-electron chi connectivity index (χ2n) is 6.74. The smallest absolute Gasteiger partial charge is 0.196 e. The zero-order chi connectivity index (χ0) is 18.9. The van der Waals surface area contributed by atoms with Gasteiger partial charge in [-0.15, -0.1) is 0 Å². The lowest BCUT2D eigenvalue weighted by atomic mass is 9.89. The minimum atomic E-state index is -0.461. The molecule has 0 amide bonds. The molecule has 0 N–H and O–H groups in total. The molecule has 0 spiro atoms. The van der Waals surface area contributed by atoms with Gasteiger partial charge in [0.1, 0.15) is 19.0 Å². The summed E-state index contributed by atoms with van der Waals surface area (Å²) in [7, 11) is 0. The topological polar surface area (TPSA) is 44.8 Å². The fourth-order valence-corrected chi connectivity index (χ4v) is 3.57. The molecule has 1 atom stereocenters. The molecule has 5 rings (SSSR count). The largest absolute Gasteiger partial charge is 0.486 e. The lowest BCUT2D eigenvalue weighted by molar-refractivity contribution is 0.0963. The van der Waals surface area contributed by atoms with Crippen molar-refractivity contribution in [3.63, 3.8) is 0 Å². The van der Waals surface area contributed by atoms with Crippen LogP contribution in [-0.2, 0) is 0 Å². The van der Waals surface area contributed by atoms with E-state index in [1.165, 1.54) is 0 Å². The molecule has 0 saturated carbocycles. The summed E-state index contributed by atoms with van der Waals surface area (Å²) in [6, 6.07) is 22.9. The van der Waals surface area contributed by atoms with E-state index in [0.717, 1.165) is 16.9 Å². The van der Waals surface area contributed by atoms with E-state index in [1.54, 1.807) is 6.07 Å². The van der Waals surface area contributed by atoms with Crippen LogP contribution in [0.3, 0.4) is 0 Å². The first-order chi connectivity index (χ1) is 13.8. The van der Waals surface area contributed by atoms with Crippen molar-refractivity contribution in [3.8, 4) is 17.2 Å². The van der Waals surface area contributed by atoms with E-state index in [1.807, 2.05) is 72.8 Å². The fraction of sp³-hybridized carbons (Fsp3) is 0.125. The molecule has 0 aromatic heterocycles. The minimum Gasteiger partial charge on any atom is -0.486 e. The van der Waals surface area contributed by atoms with Crippen molar-refractivity contribution in [1.82, 2.24) is 0 Å². The van der Waals surface area contributed by atoms with Crippen molar-refractivity contribution in [3.05, 3.63) is 95.1 Å². The predicted octanol–water partition coefficient (Wildman–Crippen LogP) is 4.86. The lowest BCUT2D eigenvalue weighted by Gasteiger charge is -2.28. The van der Waals surface area contributed by atoms with Gasteiger partial charge in [-0.3, -0.25) is 4.79 Å². The average molecular weight is 370 g/mol. The number of hydrogen-bond donors (Lipinski definition) is 0. The summed E-state index contributed by atoms with van der Waals surface area (Å²) in [4.78, 5) is 13.3. The molecule has 2 aliphatic rings. The van der Waals surface area contributed by atoms with Crippen LogP contribution in [0.1, 0.15) is 27.6 Å². The van der Waals surface area contributed by atoms with Gasteiger partial charge >= 0.3 is 0 Å². The number of fused-ring (bicyclic) bond motifs is 2. The van der Waals surface area contributed by atoms with Crippen molar-refractivity contribution < 1.29 is 19.0 Å². The van der Waals surface area contributed by atoms with Crippen molar-refractivity contribution in [2.45, 2.75) is 6.10 Å². The highest BCUT2D eigenvalue weighted by Crippen LogP contribution is 2.40. The molecule has 0 aliphatic carbocycles. The first-order valence-corrected chi connectivity index (χ1v) is 9.26. The fourth-order valence-electron chi connectivity index (χ4n) is 3.57. The molecule has 0 bridgehead atoms. The number of Topliss-reactive ketones (excluding diaryl/α,β-unsaturated/α-hetero) is 1. The summed E-state index contributed by atoms with van der Waals surface area (Å²) in [6.45, 7) is 1.07. The van der Waals surface area contributed by atoms with Crippen LogP contribution < -0.4 is 14.2 Å². The van der Waals surface area contributed by atoms with Crippen LogP contribution in [0.25, 0.3) is 6.08 Å². The highest BCUT2D eigenvalue weighted by molar-refractivity contribution is 6.14. The van der Waals surface area contributed by atoms with Crippen LogP contribution in [0.2, 0.25) is 0 Å². The van der Waals surface area contributed by atoms with Gasteiger partial charge in [0.25, 0.3) is 0 Å². The molecule has 4 nitrogen and oxygen atoms in total. The number of carbonyl (C=O) groups excluding carboxylic acids is 1. The Labute approximate surface area is 163 Å². The van der Waals surface area contributed by atoms with E-state index in [9.17, 15) is 4.79 Å². The Morgan fingerprint density at radius 3 is 2.39 bits per heavy atom. The number of benzene rings is 3. The van der Waals surface area contributed by atoms with Crippen molar-refractivity contribution in [2.75, 3.05) is 13.2 Å². The van der Waals surface area contributed by atoms with Crippen molar-refractivity contribution >= 4 is 11.9 Å². The van der Waals surface area contributed by atoms with E-state index >= 15 is 0 Å². The van der Waals surface area contributed by atoms with Crippen LogP contribution in [0.15, 0.2) is 78.4 Å². The number of rotatable bonds is 2. The molecule has 138 valence electrons. The third-order valence-electron chi connectivity index (χ3n) is 4.91. The van der Waals surface area contributed by atoms with Crippen LogP contribution in [0.5, 0.6) is 17.2 Å². The number of hydrogen-bond acceptors (Lipinski definition) is 4. The molecule has 3 aromatic carbocycles. The van der Waals surface area contributed by atoms with Gasteiger partial charge in [0.2, 0.25) is 0 Å². The van der Waals surface area contributed by atoms with Gasteiger partial charge in [0.05, 0.1) is 5.56 Å². The SMILES string of the molecule is O=C1/C(=C/c2ccc3c(c2)OCCO3)[C@@H](c2ccccc2)Oc2ccccc21. The van der Waals surface area contributed by atoms with E-state index < -0.39 is 6.10 Å². The Morgan fingerprint density at radius 2 is 1.54 bits per heavy atom. The standard InChI is InChI=1S/C24H18O4/c25-23-18-8-4-5-9-20(18)28-24(17-6-2-1-3-7-17)19(23)14-16-10-11-21-22(15-16)27-13-12-26-21/h1-11,14-15,24H,12-13H2/b19-14-/t24-/m1/s1. The summed E-state index contributed by atoms with van der Waals surface area (Å²) in [5.41, 5.74) is 2.99. The van der Waals surface area contributed by atoms with Gasteiger partial charge in [-0.05, 0) is 41.5 Å². The Balaban J connectivity index is 1.62. The second kappa shape index (κ2) is 6.89. The maximum atomic E-state index is 13.3. The molecule has 2 heterocycles. The summed E-state index contributed by atoms with van der Waals surface area (Å²) in [5, 5.41) is 0. The first-order valence-electron chi connectivity index (χ1n) is 9.26. The highest BCUT2D eigenvalue weighted by Gasteiger charge is 2.32. The third kappa shape index (κ3) is 2.93. The van der Waals surface area contributed by atoms with E-state index in [2.05, 4.69) is 0 Å². The first kappa shape index (κ1) is 16.6. The molecule has 0 radical (unpaired) electrons. The predicted molar refractivity (Wildman–Crippen MR) is 106 cm³/mol. The Hall–Kier alpha value is -3.53. The van der Waals surface area contributed by atoms with Crippen LogP contribution in [0, 0.1) is 0 Å². The van der Waals surface area contributed by atoms with E-state index in [-0.39, 0.29) is 5.78 Å². The molecule has 0 unspecified atom stereocenters. The van der Waals surface area contributed by atoms with Crippen LogP contribution in [0.4, 0.5) is 0 Å². The molecular weight excluding hydrogens is 352 g/mol. The number of carbonyl (C=O) groups is 1. The minimum absolute atomic E-state index is 0.0226. The summed E-state index contributed by atoms with van der Waals surface area (Å²) >= 11 is 0. The Kier molecular flexibility index (Phi) is 4.09. The molecule has 0 fully saturated rings. The van der Waals surface area contributed by atoms with Gasteiger partial charge in [-0.2, -0.15) is 0 Å². The van der Waals surface area contributed by atoms with Gasteiger partial charge in [-0.25, -0.2) is 0 Å². The van der Waals surface area contributed by atoms with Gasteiger partial charge < -0.3 is 14.2 Å². The zero-order valence-corrected chi connectivity index (χ0v) is 15.1. The Bertz CT molecular complexity index is 1070. The van der Waals surface area contributed by atoms with Crippen LogP contribution in [-0.4, -0.2) is 19.0 Å². The second-order valence-corrected chi connectivity index (χ2v) is 6.74. The number of ether oxygens (including phenoxy) is 3. The lowest BCUT2D eigenvalue weighted by Crippen LogP contribution is -2.23. The van der Waals surface area contributed by atoms with Crippen LogP contribution >= 0.6 is 0 Å². The normalized spacial score (nSPS) is 19.1. The summed E-state index contributed by atoms with van der Waals surface area (Å²) < 4.78 is 17.5. The monoisotopic (exact) mass is 370 g/mol.